The number of Topliss-reactive ketones (excluding diaryl/α,β-unsaturated/α-hetero) is 3. The Kier molecular flexibility index (Phi) is 17.4. The van der Waals surface area contributed by atoms with Crippen LogP contribution in [0.1, 0.15) is 144 Å². The summed E-state index contributed by atoms with van der Waals surface area (Å²) in [6.45, 7) is 11.6. The van der Waals surface area contributed by atoms with Crippen LogP contribution >= 0.6 is 0 Å². The lowest BCUT2D eigenvalue weighted by Crippen LogP contribution is -2.61. The lowest BCUT2D eigenvalue weighted by atomic mass is 9.78. The van der Waals surface area contributed by atoms with E-state index in [1.165, 1.54) is 53.1 Å². The number of hydrogen-bond donors (Lipinski definition) is 3. The van der Waals surface area contributed by atoms with E-state index in [0.717, 1.165) is 14.0 Å². The van der Waals surface area contributed by atoms with Crippen LogP contribution < -0.4 is 22.8 Å². The zero-order chi connectivity index (χ0) is 57.9. The van der Waals surface area contributed by atoms with Gasteiger partial charge in [0.15, 0.2) is 5.78 Å². The van der Waals surface area contributed by atoms with E-state index < -0.39 is 142 Å². The number of aliphatic hydroxyl groups excluding tert-OH is 2. The quantitative estimate of drug-likeness (QED) is 0.220. The van der Waals surface area contributed by atoms with Gasteiger partial charge in [0.05, 0.1) is 36.4 Å². The molecular formula is C56H81N7O16. The summed E-state index contributed by atoms with van der Waals surface area (Å²) in [5.74, 6) is -9.98. The average molecular weight is 1110 g/mol. The van der Waals surface area contributed by atoms with Crippen LogP contribution in [0.25, 0.3) is 0 Å². The number of ketones is 3. The number of piperidine rings is 1. The number of methoxy groups -OCH3 is 2. The molecule has 5 aliphatic heterocycles. The number of hydrogen-bond acceptors (Lipinski definition) is 16. The van der Waals surface area contributed by atoms with Crippen molar-refractivity contribution in [1.82, 2.24) is 32.8 Å². The highest BCUT2D eigenvalue weighted by Crippen LogP contribution is 2.46. The number of allylic oxidation sites excluding steroid dienone is 5. The Morgan fingerprint density at radius 1 is 0.785 bits per heavy atom. The van der Waals surface area contributed by atoms with Gasteiger partial charge in [-0.2, -0.15) is 0 Å². The lowest BCUT2D eigenvalue weighted by Gasteiger charge is -2.48. The summed E-state index contributed by atoms with van der Waals surface area (Å²) in [5, 5.41) is 34.8. The monoisotopic (exact) mass is 1110 g/mol. The topological polar surface area (TPSA) is 284 Å². The smallest absolute Gasteiger partial charge is 0.347 e. The second-order valence-corrected chi connectivity index (χ2v) is 23.9. The Balaban J connectivity index is 1.23. The van der Waals surface area contributed by atoms with Gasteiger partial charge in [-0.05, 0) is 109 Å². The van der Waals surface area contributed by atoms with E-state index in [-0.39, 0.29) is 62.3 Å². The fraction of sp³-hybridized carbons (Fsp3) is 0.732. The van der Waals surface area contributed by atoms with Crippen molar-refractivity contribution < 1.29 is 58.2 Å². The van der Waals surface area contributed by atoms with Crippen LogP contribution in [0, 0.1) is 29.6 Å². The fourth-order valence-corrected chi connectivity index (χ4v) is 13.5. The molecular weight excluding hydrogens is 1030 g/mol. The highest BCUT2D eigenvalue weighted by Gasteiger charge is 2.56. The molecule has 2 saturated heterocycles. The van der Waals surface area contributed by atoms with E-state index in [2.05, 4.69) is 0 Å². The molecule has 2 aromatic heterocycles. The van der Waals surface area contributed by atoms with Gasteiger partial charge in [0.1, 0.15) is 35.7 Å². The third-order valence-corrected chi connectivity index (χ3v) is 18.4. The molecule has 23 heteroatoms. The summed E-state index contributed by atoms with van der Waals surface area (Å²) in [4.78, 5) is 132. The van der Waals surface area contributed by atoms with Crippen molar-refractivity contribution in [3.05, 3.63) is 77.4 Å². The summed E-state index contributed by atoms with van der Waals surface area (Å²) in [6.07, 6.45) is 3.55. The van der Waals surface area contributed by atoms with Gasteiger partial charge in [0, 0.05) is 59.0 Å². The minimum Gasteiger partial charge on any atom is -0.460 e. The molecule has 17 atom stereocenters. The van der Waals surface area contributed by atoms with Crippen molar-refractivity contribution in [3.63, 3.8) is 0 Å². The van der Waals surface area contributed by atoms with Gasteiger partial charge in [0.25, 0.3) is 11.7 Å². The summed E-state index contributed by atoms with van der Waals surface area (Å²) in [6, 6.07) is -4.80. The summed E-state index contributed by atoms with van der Waals surface area (Å²) >= 11 is 0. The number of cyclic esters (lactones) is 1. The molecule has 1 amide bonds. The molecule has 5 unspecified atom stereocenters. The molecule has 7 heterocycles. The molecule has 3 fully saturated rings. The molecule has 1 saturated carbocycles. The highest BCUT2D eigenvalue weighted by molar-refractivity contribution is 6.39. The Morgan fingerprint density at radius 2 is 1.46 bits per heavy atom. The van der Waals surface area contributed by atoms with Gasteiger partial charge in [-0.25, -0.2) is 51.8 Å². The Morgan fingerprint density at radius 3 is 2.14 bits per heavy atom. The second kappa shape index (κ2) is 23.1. The van der Waals surface area contributed by atoms with Crippen LogP contribution in [-0.2, 0) is 62.6 Å². The first-order valence-electron chi connectivity index (χ1n) is 28.0. The normalized spacial score (nSPS) is 38.1. The zero-order valence-electron chi connectivity index (χ0n) is 47.4. The number of ether oxygens (including phenoxy) is 4. The number of amides is 1. The SMILES string of the molecule is CO[C@@H]1C[C@H](C[C@@H](C)[C@@H]2CC(=O)[C@H](C)/C=C(/C)[C@@H](O)[C@@H](OC)C(=O)[C@H](C)C/C(C)=C\C3C4C=CC(C)(C(CC5CC[C@@H](C)[C@](O)(O5)C(=O)C(=O)N5CCCC[C@H]5C(=O)O2)n2c(=O)n(C)c(=O)n23)n2c(=O)n(C)c(=O)n24)CC[C@H]1O. The summed E-state index contributed by atoms with van der Waals surface area (Å²) < 4.78 is 30.7. The van der Waals surface area contributed by atoms with Crippen LogP contribution in [0.3, 0.4) is 0 Å². The summed E-state index contributed by atoms with van der Waals surface area (Å²) in [5.41, 5.74) is -3.80. The number of carbonyl (C=O) groups excluding carboxylic acids is 5. The molecule has 79 heavy (non-hydrogen) atoms. The third-order valence-electron chi connectivity index (χ3n) is 18.4. The van der Waals surface area contributed by atoms with Crippen molar-refractivity contribution >= 4 is 29.2 Å². The van der Waals surface area contributed by atoms with Gasteiger partial charge in [-0.1, -0.05) is 57.6 Å². The average Bonchev–Trinajstić information content (AvgIpc) is 3.85. The van der Waals surface area contributed by atoms with Crippen LogP contribution in [0.4, 0.5) is 0 Å². The largest absolute Gasteiger partial charge is 0.460 e. The lowest BCUT2D eigenvalue weighted by molar-refractivity contribution is -0.265. The minimum atomic E-state index is -2.76. The van der Waals surface area contributed by atoms with Crippen molar-refractivity contribution in [3.8, 4) is 0 Å². The number of aromatic nitrogens is 6. The maximum atomic E-state index is 14.8. The first-order chi connectivity index (χ1) is 37.2. The van der Waals surface area contributed by atoms with Crippen molar-refractivity contribution in [2.75, 3.05) is 20.8 Å². The van der Waals surface area contributed by atoms with E-state index in [0.29, 0.717) is 44.1 Å². The van der Waals surface area contributed by atoms with Gasteiger partial charge >= 0.3 is 28.7 Å². The van der Waals surface area contributed by atoms with Crippen molar-refractivity contribution in [2.45, 2.75) is 198 Å². The summed E-state index contributed by atoms with van der Waals surface area (Å²) in [7, 11) is 5.43. The predicted octanol–water partition coefficient (Wildman–Crippen LogP) is 2.06. The molecule has 0 aromatic carbocycles. The van der Waals surface area contributed by atoms with Crippen molar-refractivity contribution in [1.29, 1.82) is 0 Å². The van der Waals surface area contributed by atoms with Crippen LogP contribution in [0.15, 0.2) is 54.6 Å². The molecule has 0 spiro atoms. The maximum absolute atomic E-state index is 14.8. The second-order valence-electron chi connectivity index (χ2n) is 23.9. The Labute approximate surface area is 458 Å². The van der Waals surface area contributed by atoms with Gasteiger partial charge in [-0.3, -0.25) is 19.2 Å². The number of carbonyl (C=O) groups is 5. The Hall–Kier alpha value is -5.59. The van der Waals surface area contributed by atoms with Gasteiger partial charge < -0.3 is 39.2 Å². The first-order valence-corrected chi connectivity index (χ1v) is 28.0. The van der Waals surface area contributed by atoms with Gasteiger partial charge in [-0.15, -0.1) is 0 Å². The number of fused-ring (bicyclic) bond motifs is 5. The molecule has 8 rings (SSSR count). The standard InChI is InChI=1S/C56H81N7O16/c1-29-22-32(4)45(66)47(77-11)46(67)33(5)24-30(2)41(65)28-42(31(3)25-35-16-18-40(64)43(26-35)76-10)78-50(70)38-14-12-13-21-59(38)49(69)48(68)56(75)34(6)15-17-36(79-56)27-44-55(7)20-19-37(61-52(72)58(9)54(74)63(55)61)39(23-29)60-51(71)57(8)53(73)62(44)60/h19-20,23-24,30-32,34-40,42-44,46-47,64,67,75H,12-18,21-22,25-28H2,1-11H3/b29-23-,33-24-/t30-,31-,32-,34-,35+,36?,37?,38+,39?,40-,42+,43-,44?,46-,47+,55?,56+/m1/s1. The first kappa shape index (κ1) is 59.5. The molecule has 23 nitrogen and oxygen atoms in total. The molecule has 3 N–H and O–H groups in total. The predicted molar refractivity (Wildman–Crippen MR) is 285 cm³/mol. The number of rotatable bonds is 5. The number of aliphatic hydroxyl groups is 3. The van der Waals surface area contributed by atoms with E-state index >= 15 is 0 Å². The highest BCUT2D eigenvalue weighted by atomic mass is 16.6. The van der Waals surface area contributed by atoms with Crippen molar-refractivity contribution in [2.24, 2.45) is 43.7 Å². The van der Waals surface area contributed by atoms with E-state index in [1.54, 1.807) is 59.8 Å². The minimum absolute atomic E-state index is 0.0435. The van der Waals surface area contributed by atoms with E-state index in [9.17, 15) is 58.5 Å². The third kappa shape index (κ3) is 10.8. The maximum Gasteiger partial charge on any atom is 0.347 e. The van der Waals surface area contributed by atoms with E-state index in [4.69, 9.17) is 18.9 Å². The van der Waals surface area contributed by atoms with Crippen LogP contribution in [-0.4, -0.2) is 147 Å². The molecule has 2 aromatic rings. The Bertz CT molecular complexity index is 3050. The van der Waals surface area contributed by atoms with Crippen LogP contribution in [0.2, 0.25) is 0 Å². The van der Waals surface area contributed by atoms with Crippen LogP contribution in [0.5, 0.6) is 0 Å². The van der Waals surface area contributed by atoms with Gasteiger partial charge in [0.2, 0.25) is 5.79 Å². The van der Waals surface area contributed by atoms with E-state index in [1.807, 2.05) is 6.92 Å². The molecule has 6 aliphatic rings. The molecule has 1 aliphatic carbocycles. The number of nitrogens with zero attached hydrogens (tertiary/aromatic N) is 7. The molecule has 0 radical (unpaired) electrons. The fourth-order valence-electron chi connectivity index (χ4n) is 13.5. The molecule has 6 bridgehead atoms. The number of esters is 1. The molecule has 436 valence electrons. The zero-order valence-corrected chi connectivity index (χ0v) is 47.4.